The Kier molecular flexibility index (Phi) is 4.79. The summed E-state index contributed by atoms with van der Waals surface area (Å²) in [6, 6.07) is 9.98. The molecule has 1 aliphatic heterocycles. The van der Waals surface area contributed by atoms with Gasteiger partial charge in [0.25, 0.3) is 5.91 Å². The van der Waals surface area contributed by atoms with E-state index in [1.54, 1.807) is 14.0 Å². The van der Waals surface area contributed by atoms with Gasteiger partial charge in [0.05, 0.1) is 13.5 Å². The van der Waals surface area contributed by atoms with Gasteiger partial charge in [0.1, 0.15) is 11.8 Å². The summed E-state index contributed by atoms with van der Waals surface area (Å²) in [5.41, 5.74) is 0.831. The Morgan fingerprint density at radius 1 is 1.15 bits per heavy atom. The number of urea groups is 1. The van der Waals surface area contributed by atoms with E-state index in [1.807, 2.05) is 36.4 Å². The van der Waals surface area contributed by atoms with Crippen LogP contribution in [0.2, 0.25) is 0 Å². The fourth-order valence-electron chi connectivity index (χ4n) is 3.22. The summed E-state index contributed by atoms with van der Waals surface area (Å²) in [5.74, 6) is -0.805. The largest absolute Gasteiger partial charge is 0.497 e. The molecule has 0 bridgehead atoms. The van der Waals surface area contributed by atoms with Crippen molar-refractivity contribution in [2.75, 3.05) is 13.7 Å². The Bertz CT molecular complexity index is 879. The summed E-state index contributed by atoms with van der Waals surface area (Å²) in [5, 5.41) is 11.1. The molecule has 7 nitrogen and oxygen atoms in total. The first kappa shape index (κ1) is 17.7. The molecule has 26 heavy (non-hydrogen) atoms. The number of hydrogen-bond acceptors (Lipinski definition) is 4. The number of hydrogen-bond donors (Lipinski definition) is 1. The second kappa shape index (κ2) is 7.03. The van der Waals surface area contributed by atoms with Crippen LogP contribution in [0.25, 0.3) is 10.8 Å². The molecule has 2 aromatic rings. The molecule has 1 atom stereocenters. The van der Waals surface area contributed by atoms with Gasteiger partial charge in [-0.1, -0.05) is 18.2 Å². The molecule has 136 valence electrons. The van der Waals surface area contributed by atoms with Crippen LogP contribution in [0.1, 0.15) is 18.9 Å². The van der Waals surface area contributed by atoms with Gasteiger partial charge in [-0.25, -0.2) is 4.79 Å². The lowest BCUT2D eigenvalue weighted by Gasteiger charge is -2.21. The molecule has 0 spiro atoms. The van der Waals surface area contributed by atoms with E-state index < -0.39 is 30.4 Å². The predicted octanol–water partition coefficient (Wildman–Crippen LogP) is 2.48. The Morgan fingerprint density at radius 3 is 2.50 bits per heavy atom. The van der Waals surface area contributed by atoms with Crippen LogP contribution < -0.4 is 4.74 Å². The van der Waals surface area contributed by atoms with Crippen LogP contribution in [0, 0.1) is 0 Å². The number of rotatable bonds is 6. The number of carboxylic acid groups (broad SMARTS) is 1. The van der Waals surface area contributed by atoms with Crippen molar-refractivity contribution < 1.29 is 24.2 Å². The molecule has 0 saturated carbocycles. The maximum absolute atomic E-state index is 12.5. The number of fused-ring (bicyclic) bond motifs is 1. The predicted molar refractivity (Wildman–Crippen MR) is 94.9 cm³/mol. The summed E-state index contributed by atoms with van der Waals surface area (Å²) in [4.78, 5) is 38.4. The second-order valence-corrected chi connectivity index (χ2v) is 6.15. The molecule has 1 N–H and O–H groups in total. The lowest BCUT2D eigenvalue weighted by molar-refractivity contribution is -0.141. The molecule has 0 aliphatic carbocycles. The summed E-state index contributed by atoms with van der Waals surface area (Å²) in [6.07, 6.45) is -0.397. The van der Waals surface area contributed by atoms with Crippen LogP contribution in [0.4, 0.5) is 4.79 Å². The third kappa shape index (κ3) is 3.20. The molecular formula is C19H20N2O5. The topological polar surface area (TPSA) is 87.2 Å². The molecule has 1 aliphatic rings. The van der Waals surface area contributed by atoms with Crippen molar-refractivity contribution in [3.8, 4) is 5.75 Å². The average molecular weight is 356 g/mol. The maximum Gasteiger partial charge on any atom is 0.327 e. The number of benzene rings is 2. The summed E-state index contributed by atoms with van der Waals surface area (Å²) in [6.45, 7) is 2.10. The van der Waals surface area contributed by atoms with Gasteiger partial charge < -0.3 is 14.7 Å². The fraction of sp³-hybridized carbons (Fsp3) is 0.316. The first-order chi connectivity index (χ1) is 12.4. The first-order valence-corrected chi connectivity index (χ1v) is 8.35. The number of carbonyl (C=O) groups excluding carboxylic acids is 2. The van der Waals surface area contributed by atoms with E-state index in [9.17, 15) is 14.4 Å². The van der Waals surface area contributed by atoms with E-state index in [0.717, 1.165) is 27.0 Å². The number of aliphatic carboxylic acids is 1. The number of amides is 3. The molecule has 7 heteroatoms. The zero-order chi connectivity index (χ0) is 18.8. The van der Waals surface area contributed by atoms with Crippen molar-refractivity contribution in [3.63, 3.8) is 0 Å². The maximum atomic E-state index is 12.5. The van der Waals surface area contributed by atoms with E-state index in [2.05, 4.69) is 0 Å². The highest BCUT2D eigenvalue weighted by atomic mass is 16.5. The highest BCUT2D eigenvalue weighted by Gasteiger charge is 2.45. The van der Waals surface area contributed by atoms with Crippen molar-refractivity contribution in [2.45, 2.75) is 25.9 Å². The number of ether oxygens (including phenoxy) is 1. The van der Waals surface area contributed by atoms with Crippen molar-refractivity contribution in [1.29, 1.82) is 0 Å². The second-order valence-electron chi connectivity index (χ2n) is 6.15. The number of nitrogens with zero attached hydrogens (tertiary/aromatic N) is 2. The summed E-state index contributed by atoms with van der Waals surface area (Å²) in [7, 11) is 1.60. The average Bonchev–Trinajstić information content (AvgIpc) is 2.84. The minimum absolute atomic E-state index is 0.182. The lowest BCUT2D eigenvalue weighted by atomic mass is 10.1. The molecule has 0 aromatic heterocycles. The van der Waals surface area contributed by atoms with Gasteiger partial charge in [0.15, 0.2) is 0 Å². The monoisotopic (exact) mass is 356 g/mol. The molecule has 0 unspecified atom stereocenters. The molecule has 3 rings (SSSR count). The summed E-state index contributed by atoms with van der Waals surface area (Å²) < 4.78 is 5.21. The number of carboxylic acids is 1. The fourth-order valence-corrected chi connectivity index (χ4v) is 3.22. The van der Waals surface area contributed by atoms with E-state index in [1.165, 1.54) is 4.90 Å². The smallest absolute Gasteiger partial charge is 0.327 e. The molecule has 1 saturated heterocycles. The van der Waals surface area contributed by atoms with Crippen molar-refractivity contribution in [3.05, 3.63) is 42.0 Å². The van der Waals surface area contributed by atoms with Gasteiger partial charge in [-0.15, -0.1) is 0 Å². The quantitative estimate of drug-likeness (QED) is 0.804. The van der Waals surface area contributed by atoms with Crippen molar-refractivity contribution in [2.24, 2.45) is 0 Å². The van der Waals surface area contributed by atoms with Crippen LogP contribution in [-0.4, -0.2) is 52.5 Å². The minimum Gasteiger partial charge on any atom is -0.497 e. The number of methoxy groups -OCH3 is 1. The zero-order valence-electron chi connectivity index (χ0n) is 14.6. The first-order valence-electron chi connectivity index (χ1n) is 8.35. The van der Waals surface area contributed by atoms with Crippen LogP contribution in [-0.2, 0) is 16.1 Å². The summed E-state index contributed by atoms with van der Waals surface area (Å²) >= 11 is 0. The van der Waals surface area contributed by atoms with Crippen LogP contribution in [0.15, 0.2) is 36.4 Å². The van der Waals surface area contributed by atoms with E-state index in [-0.39, 0.29) is 13.1 Å². The van der Waals surface area contributed by atoms with Crippen LogP contribution >= 0.6 is 0 Å². The minimum atomic E-state index is -1.11. The van der Waals surface area contributed by atoms with Crippen molar-refractivity contribution in [1.82, 2.24) is 9.80 Å². The van der Waals surface area contributed by atoms with Gasteiger partial charge in [0.2, 0.25) is 0 Å². The normalized spacial score (nSPS) is 17.2. The Hall–Kier alpha value is -3.09. The molecule has 2 aromatic carbocycles. The standard InChI is InChI=1S/C19H20N2O5/c1-3-20-18(24)16(10-17(22)23)21(19(20)25)11-12-4-5-14-9-15(26-2)7-6-13(14)8-12/h4-9,16H,3,10-11H2,1-2H3,(H,22,23)/t16-/m0/s1. The van der Waals surface area contributed by atoms with Gasteiger partial charge in [-0.2, -0.15) is 0 Å². The van der Waals surface area contributed by atoms with Crippen LogP contribution in [0.3, 0.4) is 0 Å². The lowest BCUT2D eigenvalue weighted by Crippen LogP contribution is -2.36. The Morgan fingerprint density at radius 2 is 1.85 bits per heavy atom. The number of carbonyl (C=O) groups is 3. The number of imide groups is 1. The molecule has 1 fully saturated rings. The Balaban J connectivity index is 1.89. The van der Waals surface area contributed by atoms with Gasteiger partial charge in [-0.3, -0.25) is 14.5 Å². The van der Waals surface area contributed by atoms with Gasteiger partial charge in [0, 0.05) is 13.1 Å². The Labute approximate surface area is 150 Å². The van der Waals surface area contributed by atoms with E-state index in [4.69, 9.17) is 9.84 Å². The van der Waals surface area contributed by atoms with Crippen LogP contribution in [0.5, 0.6) is 5.75 Å². The van der Waals surface area contributed by atoms with E-state index >= 15 is 0 Å². The molecule has 1 heterocycles. The zero-order valence-corrected chi connectivity index (χ0v) is 14.6. The molecule has 3 amide bonds. The molecular weight excluding hydrogens is 336 g/mol. The SMILES string of the molecule is CCN1C(=O)[C@H](CC(=O)O)N(Cc2ccc3cc(OC)ccc3c2)C1=O. The van der Waals surface area contributed by atoms with E-state index in [0.29, 0.717) is 0 Å². The van der Waals surface area contributed by atoms with Gasteiger partial charge >= 0.3 is 12.0 Å². The molecule has 0 radical (unpaired) electrons. The highest BCUT2D eigenvalue weighted by molar-refractivity contribution is 6.05. The van der Waals surface area contributed by atoms with Gasteiger partial charge in [-0.05, 0) is 41.5 Å². The third-order valence-electron chi connectivity index (χ3n) is 4.55. The highest BCUT2D eigenvalue weighted by Crippen LogP contribution is 2.26. The third-order valence-corrected chi connectivity index (χ3v) is 4.55. The number of likely N-dealkylation sites (N-methyl/N-ethyl adjacent to an activating group) is 1. The van der Waals surface area contributed by atoms with Crippen molar-refractivity contribution >= 4 is 28.7 Å².